The van der Waals surface area contributed by atoms with Gasteiger partial charge >= 0.3 is 5.97 Å². The van der Waals surface area contributed by atoms with Crippen molar-refractivity contribution in [3.63, 3.8) is 0 Å². The van der Waals surface area contributed by atoms with Crippen LogP contribution in [0, 0.1) is 6.92 Å². The molecule has 0 bridgehead atoms. The number of rotatable bonds is 2. The number of hydrogen-bond donors (Lipinski definition) is 1. The van der Waals surface area contributed by atoms with Crippen molar-refractivity contribution in [2.45, 2.75) is 6.92 Å². The standard InChI is InChI=1S/C17H13NO3/c1-11-6-2-3-7-12(11)17(20)21-15-10-16(19)18-14-9-5-4-8-13(14)15/h2-10H,1H3,(H,18,19). The number of nitrogens with one attached hydrogen (secondary N) is 1. The smallest absolute Gasteiger partial charge is 0.343 e. The maximum absolute atomic E-state index is 12.3. The first kappa shape index (κ1) is 13.1. The van der Waals surface area contributed by atoms with Crippen LogP contribution in [0.1, 0.15) is 15.9 Å². The number of aryl methyl sites for hydroxylation is 1. The number of esters is 1. The number of aromatic nitrogens is 1. The monoisotopic (exact) mass is 279 g/mol. The lowest BCUT2D eigenvalue weighted by Crippen LogP contribution is -2.13. The molecule has 0 unspecified atom stereocenters. The fourth-order valence-electron chi connectivity index (χ4n) is 2.21. The fourth-order valence-corrected chi connectivity index (χ4v) is 2.21. The Kier molecular flexibility index (Phi) is 3.28. The lowest BCUT2D eigenvalue weighted by atomic mass is 10.1. The van der Waals surface area contributed by atoms with Crippen molar-refractivity contribution in [1.29, 1.82) is 0 Å². The van der Waals surface area contributed by atoms with Gasteiger partial charge in [-0.15, -0.1) is 0 Å². The number of carbonyl (C=O) groups excluding carboxylic acids is 1. The highest BCUT2D eigenvalue weighted by Crippen LogP contribution is 2.23. The lowest BCUT2D eigenvalue weighted by molar-refractivity contribution is 0.0736. The van der Waals surface area contributed by atoms with E-state index in [4.69, 9.17) is 4.74 Å². The van der Waals surface area contributed by atoms with E-state index in [1.165, 1.54) is 6.07 Å². The topological polar surface area (TPSA) is 59.2 Å². The molecular weight excluding hydrogens is 266 g/mol. The maximum atomic E-state index is 12.3. The predicted octanol–water partition coefficient (Wildman–Crippen LogP) is 3.06. The molecule has 0 aliphatic heterocycles. The highest BCUT2D eigenvalue weighted by Gasteiger charge is 2.13. The van der Waals surface area contributed by atoms with Gasteiger partial charge in [0.2, 0.25) is 0 Å². The van der Waals surface area contributed by atoms with Crippen LogP contribution < -0.4 is 10.3 Å². The third-order valence-electron chi connectivity index (χ3n) is 3.28. The average Bonchev–Trinajstić information content (AvgIpc) is 2.47. The summed E-state index contributed by atoms with van der Waals surface area (Å²) >= 11 is 0. The van der Waals surface area contributed by atoms with Crippen LogP contribution >= 0.6 is 0 Å². The molecule has 0 aliphatic rings. The van der Waals surface area contributed by atoms with E-state index in [9.17, 15) is 9.59 Å². The zero-order chi connectivity index (χ0) is 14.8. The molecule has 0 atom stereocenters. The Labute approximate surface area is 121 Å². The minimum Gasteiger partial charge on any atom is -0.422 e. The molecule has 1 aromatic heterocycles. The van der Waals surface area contributed by atoms with Gasteiger partial charge in [0.05, 0.1) is 11.1 Å². The molecule has 3 aromatic rings. The molecule has 1 heterocycles. The fraction of sp³-hybridized carbons (Fsp3) is 0.0588. The van der Waals surface area contributed by atoms with E-state index in [0.717, 1.165) is 5.56 Å². The van der Waals surface area contributed by atoms with Gasteiger partial charge < -0.3 is 9.72 Å². The van der Waals surface area contributed by atoms with E-state index in [-0.39, 0.29) is 11.3 Å². The van der Waals surface area contributed by atoms with Gasteiger partial charge in [0.25, 0.3) is 5.56 Å². The van der Waals surface area contributed by atoms with Gasteiger partial charge in [-0.05, 0) is 30.7 Å². The summed E-state index contributed by atoms with van der Waals surface area (Å²) in [5.41, 5.74) is 1.65. The first-order valence-electron chi connectivity index (χ1n) is 6.55. The molecule has 21 heavy (non-hydrogen) atoms. The van der Waals surface area contributed by atoms with Crippen molar-refractivity contribution < 1.29 is 9.53 Å². The zero-order valence-electron chi connectivity index (χ0n) is 11.4. The van der Waals surface area contributed by atoms with Crippen molar-refractivity contribution >= 4 is 16.9 Å². The maximum Gasteiger partial charge on any atom is 0.343 e. The summed E-state index contributed by atoms with van der Waals surface area (Å²) in [6.07, 6.45) is 0. The van der Waals surface area contributed by atoms with Gasteiger partial charge in [0.1, 0.15) is 5.75 Å². The highest BCUT2D eigenvalue weighted by atomic mass is 16.5. The molecule has 0 amide bonds. The number of fused-ring (bicyclic) bond motifs is 1. The van der Waals surface area contributed by atoms with Crippen LogP contribution in [0.2, 0.25) is 0 Å². The second-order valence-corrected chi connectivity index (χ2v) is 4.75. The van der Waals surface area contributed by atoms with Gasteiger partial charge in [0.15, 0.2) is 0 Å². The van der Waals surface area contributed by atoms with E-state index < -0.39 is 5.97 Å². The van der Waals surface area contributed by atoms with Gasteiger partial charge in [-0.3, -0.25) is 4.79 Å². The number of carbonyl (C=O) groups is 1. The first-order valence-corrected chi connectivity index (χ1v) is 6.55. The molecule has 104 valence electrons. The summed E-state index contributed by atoms with van der Waals surface area (Å²) in [5, 5.41) is 0.694. The van der Waals surface area contributed by atoms with Crippen molar-refractivity contribution in [1.82, 2.24) is 4.98 Å². The van der Waals surface area contributed by atoms with Gasteiger partial charge in [-0.25, -0.2) is 4.79 Å². The van der Waals surface area contributed by atoms with E-state index in [1.54, 1.807) is 24.3 Å². The number of hydrogen-bond acceptors (Lipinski definition) is 3. The number of pyridine rings is 1. The van der Waals surface area contributed by atoms with E-state index in [2.05, 4.69) is 4.98 Å². The molecule has 0 radical (unpaired) electrons. The summed E-state index contributed by atoms with van der Waals surface area (Å²) in [7, 11) is 0. The van der Waals surface area contributed by atoms with Crippen LogP contribution in [0.5, 0.6) is 5.75 Å². The van der Waals surface area contributed by atoms with Crippen LogP contribution in [0.15, 0.2) is 59.4 Å². The molecule has 0 saturated heterocycles. The molecular formula is C17H13NO3. The number of ether oxygens (including phenoxy) is 1. The zero-order valence-corrected chi connectivity index (χ0v) is 11.4. The Morgan fingerprint density at radius 1 is 1.05 bits per heavy atom. The Bertz CT molecular complexity index is 880. The second kappa shape index (κ2) is 5.25. The highest BCUT2D eigenvalue weighted by molar-refractivity contribution is 5.95. The van der Waals surface area contributed by atoms with Gasteiger partial charge in [-0.2, -0.15) is 0 Å². The molecule has 1 N–H and O–H groups in total. The molecule has 0 aliphatic carbocycles. The average molecular weight is 279 g/mol. The number of aromatic amines is 1. The molecule has 3 rings (SSSR count). The molecule has 0 spiro atoms. The Hall–Kier alpha value is -2.88. The molecule has 0 fully saturated rings. The normalized spacial score (nSPS) is 10.5. The number of para-hydroxylation sites is 1. The van der Waals surface area contributed by atoms with Crippen molar-refractivity contribution in [3.8, 4) is 5.75 Å². The van der Waals surface area contributed by atoms with Crippen LogP contribution in [-0.2, 0) is 0 Å². The quantitative estimate of drug-likeness (QED) is 0.733. The van der Waals surface area contributed by atoms with E-state index in [0.29, 0.717) is 16.5 Å². The first-order chi connectivity index (χ1) is 10.1. The second-order valence-electron chi connectivity index (χ2n) is 4.75. The lowest BCUT2D eigenvalue weighted by Gasteiger charge is -2.08. The molecule has 4 heteroatoms. The van der Waals surface area contributed by atoms with Crippen LogP contribution in [0.4, 0.5) is 0 Å². The SMILES string of the molecule is Cc1ccccc1C(=O)Oc1cc(=O)[nH]c2ccccc12. The van der Waals surface area contributed by atoms with Crippen LogP contribution in [-0.4, -0.2) is 11.0 Å². The summed E-state index contributed by atoms with van der Waals surface area (Å²) in [6, 6.07) is 15.7. The van der Waals surface area contributed by atoms with Crippen LogP contribution in [0.3, 0.4) is 0 Å². The minimum absolute atomic E-state index is 0.266. The number of benzene rings is 2. The van der Waals surface area contributed by atoms with Crippen molar-refractivity contribution in [3.05, 3.63) is 76.1 Å². The molecule has 0 saturated carbocycles. The largest absolute Gasteiger partial charge is 0.422 e. The van der Waals surface area contributed by atoms with Gasteiger partial charge in [0, 0.05) is 11.5 Å². The summed E-state index contributed by atoms with van der Waals surface area (Å²) in [5.74, 6) is -0.202. The van der Waals surface area contributed by atoms with Gasteiger partial charge in [-0.1, -0.05) is 30.3 Å². The Balaban J connectivity index is 2.04. The summed E-state index contributed by atoms with van der Waals surface area (Å²) in [4.78, 5) is 26.6. The third-order valence-corrected chi connectivity index (χ3v) is 3.28. The predicted molar refractivity (Wildman–Crippen MR) is 80.7 cm³/mol. The van der Waals surface area contributed by atoms with Crippen molar-refractivity contribution in [2.75, 3.05) is 0 Å². The Morgan fingerprint density at radius 2 is 1.76 bits per heavy atom. The van der Waals surface area contributed by atoms with E-state index >= 15 is 0 Å². The molecule has 4 nitrogen and oxygen atoms in total. The van der Waals surface area contributed by atoms with Crippen molar-refractivity contribution in [2.24, 2.45) is 0 Å². The minimum atomic E-state index is -0.469. The third kappa shape index (κ3) is 2.56. The Morgan fingerprint density at radius 3 is 2.57 bits per heavy atom. The summed E-state index contributed by atoms with van der Waals surface area (Å²) < 4.78 is 5.42. The molecule has 2 aromatic carbocycles. The number of H-pyrrole nitrogens is 1. The van der Waals surface area contributed by atoms with E-state index in [1.807, 2.05) is 31.2 Å². The van der Waals surface area contributed by atoms with Crippen LogP contribution in [0.25, 0.3) is 10.9 Å². The summed E-state index contributed by atoms with van der Waals surface area (Å²) in [6.45, 7) is 1.84.